The lowest BCUT2D eigenvalue weighted by atomic mass is 10.0. The molecule has 1 aromatic carbocycles. The highest BCUT2D eigenvalue weighted by atomic mass is 79.9. The lowest BCUT2D eigenvalue weighted by Crippen LogP contribution is -2.49. The minimum Gasteiger partial charge on any atom is -0.301 e. The Hall–Kier alpha value is -1.29. The number of sulfonamides is 1. The van der Waals surface area contributed by atoms with Gasteiger partial charge in [0.05, 0.1) is 11.9 Å². The molecular formula is C16H18BrN3O3S2. The van der Waals surface area contributed by atoms with E-state index in [1.54, 1.807) is 0 Å². The maximum absolute atomic E-state index is 12.6. The number of piperidine rings is 1. The van der Waals surface area contributed by atoms with Crippen molar-refractivity contribution in [2.75, 3.05) is 18.1 Å². The van der Waals surface area contributed by atoms with Gasteiger partial charge in [-0.2, -0.15) is 4.31 Å². The molecule has 2 heterocycles. The van der Waals surface area contributed by atoms with E-state index in [0.29, 0.717) is 18.1 Å². The molecule has 0 spiro atoms. The van der Waals surface area contributed by atoms with Crippen LogP contribution in [0.3, 0.4) is 0 Å². The number of thiazole rings is 1. The second-order valence-corrected chi connectivity index (χ2v) is 9.63. The van der Waals surface area contributed by atoms with Gasteiger partial charge in [-0.25, -0.2) is 13.4 Å². The molecule has 2 aromatic rings. The molecule has 9 heteroatoms. The normalized spacial score (nSPS) is 18.9. The second-order valence-electron chi connectivity index (χ2n) is 5.92. The largest absolute Gasteiger partial charge is 0.301 e. The Morgan fingerprint density at radius 3 is 2.72 bits per heavy atom. The second kappa shape index (κ2) is 7.53. The summed E-state index contributed by atoms with van der Waals surface area (Å²) in [7, 11) is -3.40. The molecule has 1 amide bonds. The first-order chi connectivity index (χ1) is 11.8. The highest BCUT2D eigenvalue weighted by molar-refractivity contribution is 9.10. The van der Waals surface area contributed by atoms with Gasteiger partial charge in [0, 0.05) is 22.0 Å². The van der Waals surface area contributed by atoms with Crippen LogP contribution in [0.1, 0.15) is 19.3 Å². The maximum Gasteiger partial charge on any atom is 0.244 e. The Labute approximate surface area is 159 Å². The molecule has 1 atom stereocenters. The van der Waals surface area contributed by atoms with Crippen LogP contribution < -0.4 is 5.32 Å². The van der Waals surface area contributed by atoms with E-state index in [-0.39, 0.29) is 5.91 Å². The molecule has 1 fully saturated rings. The van der Waals surface area contributed by atoms with Gasteiger partial charge in [0.2, 0.25) is 15.9 Å². The van der Waals surface area contributed by atoms with E-state index in [1.807, 2.05) is 29.6 Å². The standard InChI is InChI=1S/C16H18BrN3O3S2/c1-25(22,23)20-9-3-2-4-14(20)15(21)19-16-18-13(10-24-16)11-5-7-12(17)8-6-11/h5-8,10,14H,2-4,9H2,1H3,(H,18,19,21)/t14-/m1/s1. The van der Waals surface area contributed by atoms with E-state index in [1.165, 1.54) is 15.6 Å². The fourth-order valence-electron chi connectivity index (χ4n) is 2.84. The highest BCUT2D eigenvalue weighted by Gasteiger charge is 2.34. The average Bonchev–Trinajstić information content (AvgIpc) is 3.03. The third-order valence-corrected chi connectivity index (χ3v) is 6.63. The summed E-state index contributed by atoms with van der Waals surface area (Å²) in [6.07, 6.45) is 3.30. The van der Waals surface area contributed by atoms with E-state index in [2.05, 4.69) is 26.2 Å². The van der Waals surface area contributed by atoms with E-state index in [0.717, 1.165) is 34.8 Å². The van der Waals surface area contributed by atoms with Crippen LogP contribution in [-0.2, 0) is 14.8 Å². The number of nitrogens with zero attached hydrogens (tertiary/aromatic N) is 2. The smallest absolute Gasteiger partial charge is 0.244 e. The van der Waals surface area contributed by atoms with Gasteiger partial charge in [-0.15, -0.1) is 11.3 Å². The van der Waals surface area contributed by atoms with Crippen LogP contribution in [0, 0.1) is 0 Å². The van der Waals surface area contributed by atoms with Crippen LogP contribution in [0.25, 0.3) is 11.3 Å². The number of rotatable bonds is 4. The molecule has 1 aliphatic heterocycles. The van der Waals surface area contributed by atoms with Crippen molar-refractivity contribution in [3.63, 3.8) is 0 Å². The van der Waals surface area contributed by atoms with Gasteiger partial charge in [-0.05, 0) is 25.0 Å². The molecule has 1 N–H and O–H groups in total. The quantitative estimate of drug-likeness (QED) is 0.785. The molecule has 0 saturated carbocycles. The van der Waals surface area contributed by atoms with Crippen molar-refractivity contribution in [1.82, 2.24) is 9.29 Å². The van der Waals surface area contributed by atoms with Crippen LogP contribution >= 0.6 is 27.3 Å². The molecule has 134 valence electrons. The molecular weight excluding hydrogens is 426 g/mol. The number of nitrogens with one attached hydrogen (secondary N) is 1. The number of hydrogen-bond donors (Lipinski definition) is 1. The molecule has 0 radical (unpaired) electrons. The van der Waals surface area contributed by atoms with E-state index in [9.17, 15) is 13.2 Å². The molecule has 25 heavy (non-hydrogen) atoms. The van der Waals surface area contributed by atoms with E-state index < -0.39 is 16.1 Å². The topological polar surface area (TPSA) is 79.4 Å². The first-order valence-electron chi connectivity index (χ1n) is 7.84. The van der Waals surface area contributed by atoms with E-state index >= 15 is 0 Å². The summed E-state index contributed by atoms with van der Waals surface area (Å²) >= 11 is 4.72. The zero-order chi connectivity index (χ0) is 18.0. The van der Waals surface area contributed by atoms with Crippen molar-refractivity contribution in [3.05, 3.63) is 34.1 Å². The molecule has 1 aromatic heterocycles. The number of amides is 1. The summed E-state index contributed by atoms with van der Waals surface area (Å²) in [4.78, 5) is 17.0. The van der Waals surface area contributed by atoms with Gasteiger partial charge in [0.25, 0.3) is 0 Å². The fraction of sp³-hybridized carbons (Fsp3) is 0.375. The van der Waals surface area contributed by atoms with Crippen molar-refractivity contribution < 1.29 is 13.2 Å². The molecule has 0 bridgehead atoms. The van der Waals surface area contributed by atoms with Crippen molar-refractivity contribution in [2.24, 2.45) is 0 Å². The van der Waals surface area contributed by atoms with Crippen LogP contribution in [0.5, 0.6) is 0 Å². The van der Waals surface area contributed by atoms with Gasteiger partial charge >= 0.3 is 0 Å². The first-order valence-corrected chi connectivity index (χ1v) is 11.4. The summed E-state index contributed by atoms with van der Waals surface area (Å²) in [5.74, 6) is -0.318. The molecule has 0 unspecified atom stereocenters. The zero-order valence-electron chi connectivity index (χ0n) is 13.6. The number of carbonyl (C=O) groups excluding carboxylic acids is 1. The van der Waals surface area contributed by atoms with Gasteiger partial charge in [-0.3, -0.25) is 4.79 Å². The lowest BCUT2D eigenvalue weighted by Gasteiger charge is -2.32. The van der Waals surface area contributed by atoms with Gasteiger partial charge in [-0.1, -0.05) is 34.5 Å². The van der Waals surface area contributed by atoms with Gasteiger partial charge < -0.3 is 5.32 Å². The Bertz CT molecular complexity index is 865. The zero-order valence-corrected chi connectivity index (χ0v) is 16.8. The first kappa shape index (κ1) is 18.5. The van der Waals surface area contributed by atoms with Crippen LogP contribution in [0.2, 0.25) is 0 Å². The highest BCUT2D eigenvalue weighted by Crippen LogP contribution is 2.27. The number of benzene rings is 1. The Morgan fingerprint density at radius 1 is 1.32 bits per heavy atom. The van der Waals surface area contributed by atoms with Gasteiger partial charge in [0.1, 0.15) is 6.04 Å². The molecule has 3 rings (SSSR count). The summed E-state index contributed by atoms with van der Waals surface area (Å²) in [6.45, 7) is 0.388. The third-order valence-electron chi connectivity index (χ3n) is 4.06. The molecule has 0 aliphatic carbocycles. The molecule has 1 saturated heterocycles. The average molecular weight is 444 g/mol. The monoisotopic (exact) mass is 443 g/mol. The minimum atomic E-state index is -3.40. The number of hydrogen-bond acceptors (Lipinski definition) is 5. The number of aromatic nitrogens is 1. The Kier molecular flexibility index (Phi) is 5.57. The summed E-state index contributed by atoms with van der Waals surface area (Å²) in [5, 5.41) is 5.11. The van der Waals surface area contributed by atoms with Crippen molar-refractivity contribution in [2.45, 2.75) is 25.3 Å². The molecule has 6 nitrogen and oxygen atoms in total. The lowest BCUT2D eigenvalue weighted by molar-refractivity contribution is -0.120. The minimum absolute atomic E-state index is 0.318. The molecule has 1 aliphatic rings. The van der Waals surface area contributed by atoms with Crippen molar-refractivity contribution in [1.29, 1.82) is 0 Å². The summed E-state index contributed by atoms with van der Waals surface area (Å²) in [6, 6.07) is 7.08. The summed E-state index contributed by atoms with van der Waals surface area (Å²) < 4.78 is 26.1. The number of carbonyl (C=O) groups is 1. The van der Waals surface area contributed by atoms with Crippen LogP contribution in [-0.4, -0.2) is 42.5 Å². The predicted octanol–water partition coefficient (Wildman–Crippen LogP) is 3.33. The summed E-state index contributed by atoms with van der Waals surface area (Å²) in [5.41, 5.74) is 1.73. The Balaban J connectivity index is 1.73. The SMILES string of the molecule is CS(=O)(=O)N1CCCC[C@@H]1C(=O)Nc1nc(-c2ccc(Br)cc2)cs1. The number of anilines is 1. The Morgan fingerprint density at radius 2 is 2.04 bits per heavy atom. The van der Waals surface area contributed by atoms with Crippen molar-refractivity contribution >= 4 is 48.3 Å². The van der Waals surface area contributed by atoms with E-state index in [4.69, 9.17) is 0 Å². The fourth-order valence-corrected chi connectivity index (χ4v) is 4.95. The predicted molar refractivity (Wildman–Crippen MR) is 103 cm³/mol. The van der Waals surface area contributed by atoms with Crippen LogP contribution in [0.4, 0.5) is 5.13 Å². The maximum atomic E-state index is 12.6. The number of halogens is 1. The van der Waals surface area contributed by atoms with Crippen molar-refractivity contribution in [3.8, 4) is 11.3 Å². The van der Waals surface area contributed by atoms with Gasteiger partial charge in [0.15, 0.2) is 5.13 Å². The third kappa shape index (κ3) is 4.46. The van der Waals surface area contributed by atoms with Crippen LogP contribution in [0.15, 0.2) is 34.1 Å².